The number of nitrogens with zero attached hydrogens (tertiary/aromatic N) is 4. The van der Waals surface area contributed by atoms with Crippen molar-refractivity contribution in [2.45, 2.75) is 26.1 Å². The zero-order chi connectivity index (χ0) is 21.2. The van der Waals surface area contributed by atoms with Gasteiger partial charge in [-0.2, -0.15) is 0 Å². The number of imidazole rings is 1. The van der Waals surface area contributed by atoms with Crippen LogP contribution in [0.15, 0.2) is 71.9 Å². The molecule has 1 aliphatic heterocycles. The van der Waals surface area contributed by atoms with Gasteiger partial charge in [0.2, 0.25) is 0 Å². The van der Waals surface area contributed by atoms with Crippen molar-refractivity contribution < 1.29 is 0 Å². The number of nitrogens with one attached hydrogen (secondary N) is 1. The number of fused-ring (bicyclic) bond motifs is 1. The zero-order valence-electron chi connectivity index (χ0n) is 17.0. The van der Waals surface area contributed by atoms with Gasteiger partial charge < -0.3 is 9.55 Å². The zero-order valence-corrected chi connectivity index (χ0v) is 17.7. The van der Waals surface area contributed by atoms with Crippen LogP contribution in [0.1, 0.15) is 22.5 Å². The average Bonchev–Trinajstić information content (AvgIpc) is 3.21. The molecule has 0 aliphatic carbocycles. The van der Waals surface area contributed by atoms with Crippen molar-refractivity contribution in [3.05, 3.63) is 105 Å². The third kappa shape index (κ3) is 4.31. The van der Waals surface area contributed by atoms with Gasteiger partial charge in [-0.3, -0.25) is 9.69 Å². The second-order valence-electron chi connectivity index (χ2n) is 7.81. The van der Waals surface area contributed by atoms with Crippen LogP contribution in [-0.2, 0) is 26.1 Å². The highest BCUT2D eigenvalue weighted by atomic mass is 35.5. The van der Waals surface area contributed by atoms with Crippen molar-refractivity contribution in [2.24, 2.45) is 0 Å². The Balaban J connectivity index is 1.33. The van der Waals surface area contributed by atoms with Crippen molar-refractivity contribution in [3.8, 4) is 11.4 Å². The van der Waals surface area contributed by atoms with E-state index in [1.165, 1.54) is 5.56 Å². The summed E-state index contributed by atoms with van der Waals surface area (Å²) < 4.78 is 2.16. The minimum atomic E-state index is -0.0718. The van der Waals surface area contributed by atoms with Gasteiger partial charge in [0.25, 0.3) is 5.56 Å². The quantitative estimate of drug-likeness (QED) is 0.520. The fraction of sp³-hybridized carbons (Fsp3) is 0.208. The second-order valence-corrected chi connectivity index (χ2v) is 8.24. The first-order chi connectivity index (χ1) is 15.2. The van der Waals surface area contributed by atoms with Gasteiger partial charge in [0.1, 0.15) is 5.82 Å². The summed E-state index contributed by atoms with van der Waals surface area (Å²) in [4.78, 5) is 27.1. The van der Waals surface area contributed by atoms with E-state index in [0.717, 1.165) is 48.6 Å². The molecule has 7 heteroatoms. The Morgan fingerprint density at radius 1 is 1.03 bits per heavy atom. The normalized spacial score (nSPS) is 13.8. The number of halogens is 1. The van der Waals surface area contributed by atoms with Gasteiger partial charge in [0.15, 0.2) is 0 Å². The van der Waals surface area contributed by atoms with E-state index >= 15 is 0 Å². The summed E-state index contributed by atoms with van der Waals surface area (Å²) >= 11 is 5.97. The van der Waals surface area contributed by atoms with Crippen molar-refractivity contribution in [1.29, 1.82) is 0 Å². The van der Waals surface area contributed by atoms with Crippen LogP contribution in [0.3, 0.4) is 0 Å². The molecule has 0 radical (unpaired) electrons. The van der Waals surface area contributed by atoms with Crippen LogP contribution >= 0.6 is 11.6 Å². The van der Waals surface area contributed by atoms with Crippen molar-refractivity contribution in [2.75, 3.05) is 6.54 Å². The molecular formula is C24H22ClN5O. The highest BCUT2D eigenvalue weighted by molar-refractivity contribution is 6.30. The maximum atomic E-state index is 12.8. The number of rotatable bonds is 5. The van der Waals surface area contributed by atoms with E-state index in [2.05, 4.69) is 31.6 Å². The SMILES string of the molecule is O=c1[nH]c(-c2ccc(Cl)cc2)nc2c1CN(Cc1cncn1Cc1ccccc1)CC2. The minimum absolute atomic E-state index is 0.0718. The molecule has 0 fully saturated rings. The number of aromatic nitrogens is 4. The molecule has 0 saturated carbocycles. The number of hydrogen-bond donors (Lipinski definition) is 1. The average molecular weight is 432 g/mol. The molecule has 1 aliphatic rings. The summed E-state index contributed by atoms with van der Waals surface area (Å²) in [5, 5.41) is 0.659. The van der Waals surface area contributed by atoms with E-state index in [-0.39, 0.29) is 5.56 Å². The third-order valence-electron chi connectivity index (χ3n) is 5.65. The Hall–Kier alpha value is -3.22. The first-order valence-electron chi connectivity index (χ1n) is 10.3. The molecule has 3 heterocycles. The largest absolute Gasteiger partial charge is 0.329 e. The Kier molecular flexibility index (Phi) is 5.40. The van der Waals surface area contributed by atoms with Crippen molar-refractivity contribution in [1.82, 2.24) is 24.4 Å². The van der Waals surface area contributed by atoms with Crippen LogP contribution in [-0.4, -0.2) is 31.0 Å². The van der Waals surface area contributed by atoms with Gasteiger partial charge in [0, 0.05) is 49.4 Å². The molecule has 0 saturated heterocycles. The van der Waals surface area contributed by atoms with E-state index in [1.807, 2.05) is 42.9 Å². The van der Waals surface area contributed by atoms with Gasteiger partial charge in [-0.1, -0.05) is 41.9 Å². The Morgan fingerprint density at radius 2 is 1.84 bits per heavy atom. The Labute approximate surface area is 185 Å². The Morgan fingerprint density at radius 3 is 2.65 bits per heavy atom. The molecule has 0 bridgehead atoms. The van der Waals surface area contributed by atoms with Crippen molar-refractivity contribution >= 4 is 11.6 Å². The van der Waals surface area contributed by atoms with E-state index in [9.17, 15) is 4.79 Å². The fourth-order valence-electron chi connectivity index (χ4n) is 3.99. The summed E-state index contributed by atoms with van der Waals surface area (Å²) in [5.74, 6) is 0.592. The molecule has 31 heavy (non-hydrogen) atoms. The molecule has 2 aromatic carbocycles. The first-order valence-corrected chi connectivity index (χ1v) is 10.7. The summed E-state index contributed by atoms with van der Waals surface area (Å²) in [5.41, 5.74) is 4.78. The molecule has 5 rings (SSSR count). The highest BCUT2D eigenvalue weighted by Gasteiger charge is 2.22. The lowest BCUT2D eigenvalue weighted by molar-refractivity contribution is 0.236. The number of H-pyrrole nitrogens is 1. The third-order valence-corrected chi connectivity index (χ3v) is 5.90. The van der Waals surface area contributed by atoms with Crippen LogP contribution in [0.5, 0.6) is 0 Å². The molecule has 1 N–H and O–H groups in total. The summed E-state index contributed by atoms with van der Waals surface area (Å²) in [6.45, 7) is 2.95. The lowest BCUT2D eigenvalue weighted by Crippen LogP contribution is -2.36. The molecule has 2 aromatic heterocycles. The molecular weight excluding hydrogens is 410 g/mol. The Bertz CT molecular complexity index is 1250. The van der Waals surface area contributed by atoms with Gasteiger partial charge in [-0.15, -0.1) is 0 Å². The number of benzene rings is 2. The van der Waals surface area contributed by atoms with Crippen LogP contribution in [0.25, 0.3) is 11.4 Å². The second kappa shape index (κ2) is 8.49. The molecule has 0 spiro atoms. The molecule has 4 aromatic rings. The van der Waals surface area contributed by atoms with E-state index in [4.69, 9.17) is 16.6 Å². The maximum absolute atomic E-state index is 12.8. The smallest absolute Gasteiger partial charge is 0.255 e. The topological polar surface area (TPSA) is 66.8 Å². The molecule has 0 atom stereocenters. The van der Waals surface area contributed by atoms with E-state index < -0.39 is 0 Å². The number of aromatic amines is 1. The van der Waals surface area contributed by atoms with Crippen LogP contribution < -0.4 is 5.56 Å². The van der Waals surface area contributed by atoms with Gasteiger partial charge >= 0.3 is 0 Å². The summed E-state index contributed by atoms with van der Waals surface area (Å²) in [6, 6.07) is 17.7. The predicted octanol–water partition coefficient (Wildman–Crippen LogP) is 3.89. The van der Waals surface area contributed by atoms with Crippen LogP contribution in [0, 0.1) is 0 Å². The van der Waals surface area contributed by atoms with Crippen LogP contribution in [0.2, 0.25) is 5.02 Å². The van der Waals surface area contributed by atoms with E-state index in [1.54, 1.807) is 12.1 Å². The van der Waals surface area contributed by atoms with Gasteiger partial charge in [0.05, 0.1) is 23.3 Å². The monoisotopic (exact) mass is 431 g/mol. The lowest BCUT2D eigenvalue weighted by Gasteiger charge is -2.28. The molecule has 156 valence electrons. The summed E-state index contributed by atoms with van der Waals surface area (Å²) in [7, 11) is 0. The standard InChI is InChI=1S/C24H22ClN5O/c25-19-8-6-18(7-9-19)23-27-22-10-11-29(15-21(22)24(31)28-23)14-20-12-26-16-30(20)13-17-4-2-1-3-5-17/h1-9,12,16H,10-11,13-15H2,(H,27,28,31). The molecule has 6 nitrogen and oxygen atoms in total. The fourth-order valence-corrected chi connectivity index (χ4v) is 4.12. The molecule has 0 unspecified atom stereocenters. The maximum Gasteiger partial charge on any atom is 0.255 e. The van der Waals surface area contributed by atoms with Gasteiger partial charge in [-0.05, 0) is 29.8 Å². The number of hydrogen-bond acceptors (Lipinski definition) is 4. The minimum Gasteiger partial charge on any atom is -0.329 e. The van der Waals surface area contributed by atoms with Crippen LogP contribution in [0.4, 0.5) is 0 Å². The molecule has 0 amide bonds. The van der Waals surface area contributed by atoms with Gasteiger partial charge in [-0.25, -0.2) is 9.97 Å². The lowest BCUT2D eigenvalue weighted by atomic mass is 10.1. The van der Waals surface area contributed by atoms with Crippen molar-refractivity contribution in [3.63, 3.8) is 0 Å². The summed E-state index contributed by atoms with van der Waals surface area (Å²) in [6.07, 6.45) is 4.52. The first kappa shape index (κ1) is 19.7. The predicted molar refractivity (Wildman–Crippen MR) is 121 cm³/mol. The highest BCUT2D eigenvalue weighted by Crippen LogP contribution is 2.21. The van der Waals surface area contributed by atoms with E-state index in [0.29, 0.717) is 17.4 Å².